The van der Waals surface area contributed by atoms with Crippen LogP contribution in [-0.2, 0) is 0 Å². The van der Waals surface area contributed by atoms with Crippen LogP contribution < -0.4 is 0 Å². The highest BCUT2D eigenvalue weighted by molar-refractivity contribution is 6.44. The van der Waals surface area contributed by atoms with Gasteiger partial charge in [0.25, 0.3) is 0 Å². The number of para-hydroxylation sites is 2. The number of hydrogen-bond donors (Lipinski definition) is 0. The van der Waals surface area contributed by atoms with E-state index in [4.69, 9.17) is 14.4 Å². The molecule has 0 N–H and O–H groups in total. The molecule has 9 aromatic carbocycles. The zero-order valence-corrected chi connectivity index (χ0v) is 27.8. The van der Waals surface area contributed by atoms with Gasteiger partial charge in [-0.1, -0.05) is 146 Å². The number of hydrogen-bond acceptors (Lipinski definition) is 3. The van der Waals surface area contributed by atoms with Gasteiger partial charge >= 0.3 is 0 Å². The Balaban J connectivity index is 1.37. The molecule has 0 aliphatic heterocycles. The number of benzene rings is 9. The molecule has 0 atom stereocenters. The van der Waals surface area contributed by atoms with E-state index in [1.54, 1.807) is 0 Å². The number of nitrogens with zero attached hydrogens (tertiary/aromatic N) is 3. The standard InChI is InChI=1S/C48H27N3O/c1-2-15-29(16-3-1)45-41-30-17-5-4-14-28(30)26-27-37(41)49-48(50-45)51-38-24-12-10-22-35(38)40-31-18-6-7-19-32(31)42-43(46(40)51)33-20-8-9-21-34(33)47-44(42)36-23-11-13-25-39(36)52-47/h1-27H. The molecule has 0 aliphatic carbocycles. The van der Waals surface area contributed by atoms with Crippen LogP contribution in [0.25, 0.3) is 115 Å². The van der Waals surface area contributed by atoms with Crippen LogP contribution in [0, 0.1) is 0 Å². The normalized spacial score (nSPS) is 12.2. The summed E-state index contributed by atoms with van der Waals surface area (Å²) in [6.07, 6.45) is 0. The number of furan rings is 1. The Bertz CT molecular complexity index is 3470. The van der Waals surface area contributed by atoms with E-state index < -0.39 is 0 Å². The Morgan fingerprint density at radius 3 is 1.83 bits per heavy atom. The van der Waals surface area contributed by atoms with Crippen molar-refractivity contribution in [1.82, 2.24) is 14.5 Å². The summed E-state index contributed by atoms with van der Waals surface area (Å²) < 4.78 is 9.05. The second kappa shape index (κ2) is 10.3. The number of fused-ring (bicyclic) bond motifs is 18. The van der Waals surface area contributed by atoms with Crippen LogP contribution in [0.1, 0.15) is 0 Å². The number of aromatic nitrogens is 3. The fourth-order valence-electron chi connectivity index (χ4n) is 8.83. The fourth-order valence-corrected chi connectivity index (χ4v) is 8.83. The molecule has 0 bridgehead atoms. The van der Waals surface area contributed by atoms with E-state index in [-0.39, 0.29) is 0 Å². The van der Waals surface area contributed by atoms with Crippen molar-refractivity contribution in [3.05, 3.63) is 164 Å². The van der Waals surface area contributed by atoms with Crippen molar-refractivity contribution in [3.8, 4) is 17.2 Å². The van der Waals surface area contributed by atoms with Gasteiger partial charge in [0.1, 0.15) is 11.2 Å². The Morgan fingerprint density at radius 2 is 1.02 bits per heavy atom. The minimum absolute atomic E-state index is 0.644. The van der Waals surface area contributed by atoms with Gasteiger partial charge in [-0.2, -0.15) is 0 Å². The van der Waals surface area contributed by atoms with Crippen LogP contribution in [-0.4, -0.2) is 14.5 Å². The smallest absolute Gasteiger partial charge is 0.235 e. The van der Waals surface area contributed by atoms with Gasteiger partial charge in [0.15, 0.2) is 0 Å². The molecule has 12 aromatic rings. The van der Waals surface area contributed by atoms with Crippen LogP contribution in [0.4, 0.5) is 0 Å². The van der Waals surface area contributed by atoms with Gasteiger partial charge in [-0.3, -0.25) is 4.57 Å². The third kappa shape index (κ3) is 3.60. The lowest BCUT2D eigenvalue weighted by Gasteiger charge is -2.16. The van der Waals surface area contributed by atoms with Crippen molar-refractivity contribution in [1.29, 1.82) is 0 Å². The molecular weight excluding hydrogens is 635 g/mol. The summed E-state index contributed by atoms with van der Waals surface area (Å²) in [6, 6.07) is 58.0. The molecule has 0 radical (unpaired) electrons. The zero-order valence-electron chi connectivity index (χ0n) is 27.8. The largest absolute Gasteiger partial charge is 0.455 e. The van der Waals surface area contributed by atoms with E-state index in [2.05, 4.69) is 162 Å². The van der Waals surface area contributed by atoms with E-state index in [1.807, 2.05) is 6.07 Å². The first-order valence-electron chi connectivity index (χ1n) is 17.7. The Morgan fingerprint density at radius 1 is 0.404 bits per heavy atom. The summed E-state index contributed by atoms with van der Waals surface area (Å²) in [5.41, 5.74) is 6.84. The van der Waals surface area contributed by atoms with Crippen molar-refractivity contribution >= 4 is 97.7 Å². The molecule has 0 fully saturated rings. The van der Waals surface area contributed by atoms with Crippen molar-refractivity contribution in [2.45, 2.75) is 0 Å². The summed E-state index contributed by atoms with van der Waals surface area (Å²) in [4.78, 5) is 11.0. The lowest BCUT2D eigenvalue weighted by Crippen LogP contribution is -2.04. The highest BCUT2D eigenvalue weighted by atomic mass is 16.3. The van der Waals surface area contributed by atoms with Gasteiger partial charge in [0.2, 0.25) is 5.95 Å². The lowest BCUT2D eigenvalue weighted by molar-refractivity contribution is 0.673. The molecule has 4 nitrogen and oxygen atoms in total. The highest BCUT2D eigenvalue weighted by Crippen LogP contribution is 2.49. The summed E-state index contributed by atoms with van der Waals surface area (Å²) in [7, 11) is 0. The monoisotopic (exact) mass is 661 g/mol. The van der Waals surface area contributed by atoms with E-state index >= 15 is 0 Å². The lowest BCUT2D eigenvalue weighted by atomic mass is 9.90. The first-order valence-corrected chi connectivity index (χ1v) is 17.7. The quantitative estimate of drug-likeness (QED) is 0.173. The predicted octanol–water partition coefficient (Wildman–Crippen LogP) is 12.9. The van der Waals surface area contributed by atoms with Crippen molar-refractivity contribution < 1.29 is 4.42 Å². The first kappa shape index (κ1) is 27.7. The van der Waals surface area contributed by atoms with Crippen LogP contribution in [0.15, 0.2) is 168 Å². The molecule has 0 aliphatic rings. The average Bonchev–Trinajstić information content (AvgIpc) is 3.78. The number of rotatable bonds is 2. The molecule has 0 saturated heterocycles. The molecule has 0 unspecified atom stereocenters. The van der Waals surface area contributed by atoms with Crippen LogP contribution in [0.5, 0.6) is 0 Å². The molecule has 52 heavy (non-hydrogen) atoms. The maximum Gasteiger partial charge on any atom is 0.235 e. The Kier molecular flexibility index (Phi) is 5.47. The molecule has 0 saturated carbocycles. The van der Waals surface area contributed by atoms with Crippen LogP contribution >= 0.6 is 0 Å². The van der Waals surface area contributed by atoms with Gasteiger partial charge in [0.05, 0.1) is 22.2 Å². The second-order valence-electron chi connectivity index (χ2n) is 13.6. The van der Waals surface area contributed by atoms with Crippen molar-refractivity contribution in [2.24, 2.45) is 0 Å². The summed E-state index contributed by atoms with van der Waals surface area (Å²) in [5, 5.41) is 14.9. The third-order valence-corrected chi connectivity index (χ3v) is 10.9. The van der Waals surface area contributed by atoms with Crippen molar-refractivity contribution in [3.63, 3.8) is 0 Å². The summed E-state index contributed by atoms with van der Waals surface area (Å²) in [6.45, 7) is 0. The van der Waals surface area contributed by atoms with E-state index in [0.717, 1.165) is 71.3 Å². The summed E-state index contributed by atoms with van der Waals surface area (Å²) >= 11 is 0. The SMILES string of the molecule is c1ccc(-c2nc(-n3c4ccccc4c4c5ccccc5c5c6c7ccccc7oc6c6ccccc6c5c43)nc3ccc4ccccc4c23)cc1. The van der Waals surface area contributed by atoms with E-state index in [9.17, 15) is 0 Å². The topological polar surface area (TPSA) is 43.9 Å². The van der Waals surface area contributed by atoms with E-state index in [1.165, 1.54) is 37.7 Å². The highest BCUT2D eigenvalue weighted by Gasteiger charge is 2.26. The van der Waals surface area contributed by atoms with Gasteiger partial charge < -0.3 is 4.42 Å². The van der Waals surface area contributed by atoms with Gasteiger partial charge in [0, 0.05) is 48.7 Å². The van der Waals surface area contributed by atoms with Crippen molar-refractivity contribution in [2.75, 3.05) is 0 Å². The Hall–Kier alpha value is -7.04. The average molecular weight is 662 g/mol. The second-order valence-corrected chi connectivity index (χ2v) is 13.6. The van der Waals surface area contributed by atoms with E-state index in [0.29, 0.717) is 5.95 Å². The predicted molar refractivity (Wildman–Crippen MR) is 217 cm³/mol. The zero-order chi connectivity index (χ0) is 33.9. The first-order chi connectivity index (χ1) is 25.8. The third-order valence-electron chi connectivity index (χ3n) is 10.9. The summed E-state index contributed by atoms with van der Waals surface area (Å²) in [5.74, 6) is 0.644. The molecule has 3 aromatic heterocycles. The fraction of sp³-hybridized carbons (Fsp3) is 0. The maximum atomic E-state index is 6.73. The minimum atomic E-state index is 0.644. The molecule has 0 amide bonds. The van der Waals surface area contributed by atoms with Gasteiger partial charge in [-0.15, -0.1) is 0 Å². The molecule has 240 valence electrons. The molecule has 0 spiro atoms. The van der Waals surface area contributed by atoms with Crippen LogP contribution in [0.2, 0.25) is 0 Å². The van der Waals surface area contributed by atoms with Gasteiger partial charge in [-0.25, -0.2) is 9.97 Å². The minimum Gasteiger partial charge on any atom is -0.455 e. The molecule has 4 heteroatoms. The molecular formula is C48H27N3O. The van der Waals surface area contributed by atoms with Crippen LogP contribution in [0.3, 0.4) is 0 Å². The molecule has 3 heterocycles. The Labute approximate surface area is 296 Å². The maximum absolute atomic E-state index is 6.73. The van der Waals surface area contributed by atoms with Gasteiger partial charge in [-0.05, 0) is 45.1 Å². The molecule has 12 rings (SSSR count).